The Kier molecular flexibility index (Phi) is 9.11. The Hall–Kier alpha value is -0.870. The first kappa shape index (κ1) is 14.1. The van der Waals surface area contributed by atoms with Gasteiger partial charge in [-0.2, -0.15) is 0 Å². The van der Waals surface area contributed by atoms with Crippen LogP contribution in [0.15, 0.2) is 12.2 Å². The molecule has 0 aromatic heterocycles. The van der Waals surface area contributed by atoms with Crippen LogP contribution in [0.3, 0.4) is 0 Å². The van der Waals surface area contributed by atoms with E-state index in [0.29, 0.717) is 13.2 Å². The SMILES string of the molecule is CCOC(=O)/C=C/CNCCCN(C)C. The second-order valence-electron chi connectivity index (χ2n) is 3.52. The fourth-order valence-electron chi connectivity index (χ4n) is 1.05. The molecule has 0 radical (unpaired) electrons. The van der Waals surface area contributed by atoms with Crippen molar-refractivity contribution >= 4 is 5.97 Å². The van der Waals surface area contributed by atoms with Crippen molar-refractivity contribution in [3.63, 3.8) is 0 Å². The maximum Gasteiger partial charge on any atom is 0.330 e. The summed E-state index contributed by atoms with van der Waals surface area (Å²) in [6, 6.07) is 0. The highest BCUT2D eigenvalue weighted by Gasteiger charge is 1.92. The monoisotopic (exact) mass is 214 g/mol. The fourth-order valence-corrected chi connectivity index (χ4v) is 1.05. The fraction of sp³-hybridized carbons (Fsp3) is 0.727. The summed E-state index contributed by atoms with van der Waals surface area (Å²) in [7, 11) is 4.11. The van der Waals surface area contributed by atoms with Crippen LogP contribution in [-0.4, -0.2) is 51.2 Å². The molecule has 15 heavy (non-hydrogen) atoms. The van der Waals surface area contributed by atoms with Gasteiger partial charge in [-0.05, 0) is 40.5 Å². The van der Waals surface area contributed by atoms with Gasteiger partial charge in [0, 0.05) is 12.6 Å². The van der Waals surface area contributed by atoms with Crippen LogP contribution >= 0.6 is 0 Å². The Labute approximate surface area is 92.3 Å². The van der Waals surface area contributed by atoms with Crippen LogP contribution in [0.25, 0.3) is 0 Å². The van der Waals surface area contributed by atoms with E-state index in [1.807, 2.05) is 0 Å². The van der Waals surface area contributed by atoms with E-state index >= 15 is 0 Å². The quantitative estimate of drug-likeness (QED) is 0.366. The lowest BCUT2D eigenvalue weighted by Gasteiger charge is -2.08. The van der Waals surface area contributed by atoms with Crippen molar-refractivity contribution in [3.8, 4) is 0 Å². The number of ether oxygens (including phenoxy) is 1. The molecule has 88 valence electrons. The molecule has 0 aliphatic heterocycles. The zero-order chi connectivity index (χ0) is 11.5. The molecule has 0 atom stereocenters. The standard InChI is InChI=1S/C11H22N2O2/c1-4-15-11(14)7-5-8-12-9-6-10-13(2)3/h5,7,12H,4,6,8-10H2,1-3H3/b7-5+. The molecule has 4 heteroatoms. The van der Waals surface area contributed by atoms with Crippen molar-refractivity contribution in [2.75, 3.05) is 40.3 Å². The number of carbonyl (C=O) groups excluding carboxylic acids is 1. The van der Waals surface area contributed by atoms with Gasteiger partial charge in [-0.15, -0.1) is 0 Å². The summed E-state index contributed by atoms with van der Waals surface area (Å²) < 4.78 is 4.74. The Morgan fingerprint density at radius 2 is 2.20 bits per heavy atom. The van der Waals surface area contributed by atoms with Crippen LogP contribution < -0.4 is 5.32 Å². The first-order valence-corrected chi connectivity index (χ1v) is 5.35. The Balaban J connectivity index is 3.26. The van der Waals surface area contributed by atoms with Crippen molar-refractivity contribution in [3.05, 3.63) is 12.2 Å². The van der Waals surface area contributed by atoms with Crippen LogP contribution in [0.4, 0.5) is 0 Å². The molecule has 0 aromatic carbocycles. The second kappa shape index (κ2) is 9.68. The van der Waals surface area contributed by atoms with E-state index in [2.05, 4.69) is 24.3 Å². The molecule has 0 saturated carbocycles. The van der Waals surface area contributed by atoms with E-state index in [4.69, 9.17) is 4.74 Å². The topological polar surface area (TPSA) is 41.6 Å². The van der Waals surface area contributed by atoms with Crippen LogP contribution in [0.1, 0.15) is 13.3 Å². The Morgan fingerprint density at radius 3 is 2.80 bits per heavy atom. The molecular weight excluding hydrogens is 192 g/mol. The van der Waals surface area contributed by atoms with Crippen LogP contribution in [0.5, 0.6) is 0 Å². The van der Waals surface area contributed by atoms with Crippen LogP contribution in [0.2, 0.25) is 0 Å². The van der Waals surface area contributed by atoms with Crippen LogP contribution in [0, 0.1) is 0 Å². The lowest BCUT2D eigenvalue weighted by molar-refractivity contribution is -0.137. The van der Waals surface area contributed by atoms with Gasteiger partial charge >= 0.3 is 5.97 Å². The van der Waals surface area contributed by atoms with Gasteiger partial charge in [0.25, 0.3) is 0 Å². The molecule has 0 aliphatic rings. The molecular formula is C11H22N2O2. The summed E-state index contributed by atoms with van der Waals surface area (Å²) in [6.07, 6.45) is 4.36. The molecule has 1 N–H and O–H groups in total. The van der Waals surface area contributed by atoms with Crippen molar-refractivity contribution in [1.82, 2.24) is 10.2 Å². The molecule has 0 spiro atoms. The van der Waals surface area contributed by atoms with Gasteiger partial charge in [-0.25, -0.2) is 4.79 Å². The average Bonchev–Trinajstić information content (AvgIpc) is 2.16. The third kappa shape index (κ3) is 11.1. The minimum Gasteiger partial charge on any atom is -0.463 e. The largest absolute Gasteiger partial charge is 0.463 e. The molecule has 0 unspecified atom stereocenters. The highest BCUT2D eigenvalue weighted by Crippen LogP contribution is 1.82. The number of nitrogens with zero attached hydrogens (tertiary/aromatic N) is 1. The van der Waals surface area contributed by atoms with E-state index in [1.54, 1.807) is 13.0 Å². The second-order valence-corrected chi connectivity index (χ2v) is 3.52. The molecule has 0 aromatic rings. The molecule has 0 amide bonds. The van der Waals surface area contributed by atoms with Gasteiger partial charge in [0.15, 0.2) is 0 Å². The lowest BCUT2D eigenvalue weighted by atomic mass is 10.4. The smallest absolute Gasteiger partial charge is 0.330 e. The third-order valence-electron chi connectivity index (χ3n) is 1.76. The van der Waals surface area contributed by atoms with Crippen molar-refractivity contribution in [2.45, 2.75) is 13.3 Å². The van der Waals surface area contributed by atoms with Gasteiger partial charge in [-0.1, -0.05) is 6.08 Å². The number of esters is 1. The summed E-state index contributed by atoms with van der Waals surface area (Å²) in [5.74, 6) is -0.271. The van der Waals surface area contributed by atoms with Crippen molar-refractivity contribution in [1.29, 1.82) is 0 Å². The molecule has 0 bridgehead atoms. The lowest BCUT2D eigenvalue weighted by Crippen LogP contribution is -2.21. The van der Waals surface area contributed by atoms with E-state index < -0.39 is 0 Å². The summed E-state index contributed by atoms with van der Waals surface area (Å²) in [6.45, 7) is 4.98. The molecule has 0 rings (SSSR count). The van der Waals surface area contributed by atoms with Gasteiger partial charge in [0.05, 0.1) is 6.61 Å². The number of carbonyl (C=O) groups is 1. The van der Waals surface area contributed by atoms with Crippen molar-refractivity contribution in [2.24, 2.45) is 0 Å². The third-order valence-corrected chi connectivity index (χ3v) is 1.76. The first-order chi connectivity index (χ1) is 7.16. The first-order valence-electron chi connectivity index (χ1n) is 5.35. The Bertz CT molecular complexity index is 191. The number of hydrogen-bond donors (Lipinski definition) is 1. The van der Waals surface area contributed by atoms with Gasteiger partial charge in [-0.3, -0.25) is 0 Å². The zero-order valence-corrected chi connectivity index (χ0v) is 9.95. The molecule has 0 heterocycles. The van der Waals surface area contributed by atoms with Gasteiger partial charge in [0.1, 0.15) is 0 Å². The Morgan fingerprint density at radius 1 is 1.47 bits per heavy atom. The molecule has 0 fully saturated rings. The minimum absolute atomic E-state index is 0.271. The number of hydrogen-bond acceptors (Lipinski definition) is 4. The predicted octanol–water partition coefficient (Wildman–Crippen LogP) is 0.647. The van der Waals surface area contributed by atoms with E-state index in [0.717, 1.165) is 19.5 Å². The number of rotatable bonds is 8. The van der Waals surface area contributed by atoms with E-state index in [1.165, 1.54) is 6.08 Å². The van der Waals surface area contributed by atoms with Crippen LogP contribution in [-0.2, 0) is 9.53 Å². The number of nitrogens with one attached hydrogen (secondary N) is 1. The molecule has 4 nitrogen and oxygen atoms in total. The average molecular weight is 214 g/mol. The van der Waals surface area contributed by atoms with Crippen molar-refractivity contribution < 1.29 is 9.53 Å². The summed E-state index contributed by atoms with van der Waals surface area (Å²) in [5, 5.41) is 3.22. The zero-order valence-electron chi connectivity index (χ0n) is 9.95. The summed E-state index contributed by atoms with van der Waals surface area (Å²) in [4.78, 5) is 13.0. The summed E-state index contributed by atoms with van der Waals surface area (Å²) >= 11 is 0. The van der Waals surface area contributed by atoms with Gasteiger partial charge in [0.2, 0.25) is 0 Å². The predicted molar refractivity (Wildman–Crippen MR) is 61.8 cm³/mol. The summed E-state index contributed by atoms with van der Waals surface area (Å²) in [5.41, 5.74) is 0. The van der Waals surface area contributed by atoms with E-state index in [-0.39, 0.29) is 5.97 Å². The van der Waals surface area contributed by atoms with E-state index in [9.17, 15) is 4.79 Å². The minimum atomic E-state index is -0.271. The molecule has 0 saturated heterocycles. The molecule has 0 aliphatic carbocycles. The maximum absolute atomic E-state index is 10.9. The highest BCUT2D eigenvalue weighted by molar-refractivity contribution is 5.81. The normalized spacial score (nSPS) is 11.2. The highest BCUT2D eigenvalue weighted by atomic mass is 16.5. The van der Waals surface area contributed by atoms with Gasteiger partial charge < -0.3 is 15.0 Å². The maximum atomic E-state index is 10.9.